The van der Waals surface area contributed by atoms with Crippen LogP contribution < -0.4 is 0 Å². The quantitative estimate of drug-likeness (QED) is 0.597. The minimum Gasteiger partial charge on any atom is -0.323 e. The molecule has 0 N–H and O–H groups in total. The molecule has 1 aliphatic carbocycles. The average Bonchev–Trinajstić information content (AvgIpc) is 2.45. The fourth-order valence-electron chi connectivity index (χ4n) is 3.46. The first-order valence-corrected chi connectivity index (χ1v) is 8.82. The number of hydrogen-bond acceptors (Lipinski definition) is 1. The molecule has 1 aliphatic heterocycles. The molecular weight excluding hydrogens is 203 g/mol. The monoisotopic (exact) mass is 228 g/mol. The van der Waals surface area contributed by atoms with E-state index in [0.29, 0.717) is 0 Å². The molecule has 1 saturated heterocycles. The summed E-state index contributed by atoms with van der Waals surface area (Å²) in [5, 5.41) is 0.232. The summed E-state index contributed by atoms with van der Waals surface area (Å²) in [7, 11) is -1.84. The van der Waals surface area contributed by atoms with Crippen LogP contribution in [0.3, 0.4) is 0 Å². The van der Waals surface area contributed by atoms with E-state index in [0.717, 1.165) is 12.3 Å². The fourth-order valence-corrected chi connectivity index (χ4v) is 7.36. The zero-order chi connectivity index (χ0) is 10.8. The van der Waals surface area contributed by atoms with E-state index in [1.165, 1.54) is 57.8 Å². The van der Waals surface area contributed by atoms with Crippen molar-refractivity contribution in [1.29, 1.82) is 0 Å². The second kappa shape index (κ2) is 4.62. The molecule has 88 valence electrons. The third-order valence-corrected chi connectivity index (χ3v) is 9.20. The van der Waals surface area contributed by atoms with Gasteiger partial charge in [-0.1, -0.05) is 39.0 Å². The van der Waals surface area contributed by atoms with Crippen molar-refractivity contribution in [3.05, 3.63) is 0 Å². The summed E-state index contributed by atoms with van der Waals surface area (Å²) in [4.78, 5) is 0. The molecular formula is C13H25OP. The Balaban J connectivity index is 2.14. The van der Waals surface area contributed by atoms with Gasteiger partial charge in [-0.2, -0.15) is 0 Å². The van der Waals surface area contributed by atoms with Crippen LogP contribution in [-0.4, -0.2) is 17.5 Å². The summed E-state index contributed by atoms with van der Waals surface area (Å²) in [5.41, 5.74) is 0. The summed E-state index contributed by atoms with van der Waals surface area (Å²) in [6.07, 6.45) is 13.7. The molecule has 0 amide bonds. The van der Waals surface area contributed by atoms with E-state index in [4.69, 9.17) is 0 Å². The predicted octanol–water partition coefficient (Wildman–Crippen LogP) is 4.65. The van der Waals surface area contributed by atoms with Gasteiger partial charge in [0.05, 0.1) is 7.14 Å². The molecule has 1 saturated carbocycles. The van der Waals surface area contributed by atoms with Crippen LogP contribution >= 0.6 is 7.14 Å². The van der Waals surface area contributed by atoms with Gasteiger partial charge in [0.25, 0.3) is 0 Å². The lowest BCUT2D eigenvalue weighted by molar-refractivity contribution is 0.393. The Labute approximate surface area is 94.4 Å². The summed E-state index contributed by atoms with van der Waals surface area (Å²) in [6, 6.07) is 0. The standard InChI is InChI=1S/C13H25OP/c1-13(9-5-4-6-10-13)15(14)11-7-2-3-8-12-15/h2-12H2,1H3. The van der Waals surface area contributed by atoms with Crippen LogP contribution in [-0.2, 0) is 4.57 Å². The van der Waals surface area contributed by atoms with E-state index in [9.17, 15) is 4.57 Å². The predicted molar refractivity (Wildman–Crippen MR) is 67.3 cm³/mol. The minimum absolute atomic E-state index is 0.232. The normalized spacial score (nSPS) is 30.7. The van der Waals surface area contributed by atoms with Crippen molar-refractivity contribution in [1.82, 2.24) is 0 Å². The summed E-state index contributed by atoms with van der Waals surface area (Å²) in [5.74, 6) is 0. The van der Waals surface area contributed by atoms with Crippen molar-refractivity contribution in [2.45, 2.75) is 69.9 Å². The molecule has 0 aromatic rings. The Morgan fingerprint density at radius 2 is 1.27 bits per heavy atom. The van der Waals surface area contributed by atoms with Gasteiger partial charge >= 0.3 is 0 Å². The summed E-state index contributed by atoms with van der Waals surface area (Å²) < 4.78 is 13.1. The third kappa shape index (κ3) is 2.33. The highest BCUT2D eigenvalue weighted by Crippen LogP contribution is 2.64. The molecule has 2 aliphatic rings. The van der Waals surface area contributed by atoms with Gasteiger partial charge in [0.1, 0.15) is 0 Å². The van der Waals surface area contributed by atoms with Gasteiger partial charge in [-0.15, -0.1) is 0 Å². The van der Waals surface area contributed by atoms with Gasteiger partial charge < -0.3 is 4.57 Å². The Kier molecular flexibility index (Phi) is 3.60. The molecule has 0 unspecified atom stereocenters. The van der Waals surface area contributed by atoms with Crippen LogP contribution in [0.1, 0.15) is 64.7 Å². The highest BCUT2D eigenvalue weighted by atomic mass is 31.2. The molecule has 2 fully saturated rings. The van der Waals surface area contributed by atoms with Crippen LogP contribution in [0.25, 0.3) is 0 Å². The molecule has 0 atom stereocenters. The SMILES string of the molecule is CC1(P2(=O)CCCCCC2)CCCCC1. The lowest BCUT2D eigenvalue weighted by Gasteiger charge is -2.40. The zero-order valence-corrected chi connectivity index (χ0v) is 11.0. The van der Waals surface area contributed by atoms with Crippen molar-refractivity contribution < 1.29 is 4.57 Å². The summed E-state index contributed by atoms with van der Waals surface area (Å²) in [6.45, 7) is 2.33. The highest BCUT2D eigenvalue weighted by Gasteiger charge is 2.43. The van der Waals surface area contributed by atoms with Crippen LogP contribution in [0.15, 0.2) is 0 Å². The second-order valence-corrected chi connectivity index (χ2v) is 9.56. The molecule has 1 nitrogen and oxygen atoms in total. The van der Waals surface area contributed by atoms with Crippen LogP contribution in [0.2, 0.25) is 0 Å². The smallest absolute Gasteiger partial charge is 0.0933 e. The van der Waals surface area contributed by atoms with Gasteiger partial charge in [0.2, 0.25) is 0 Å². The Morgan fingerprint density at radius 1 is 0.800 bits per heavy atom. The van der Waals surface area contributed by atoms with Crippen LogP contribution in [0, 0.1) is 0 Å². The van der Waals surface area contributed by atoms with Crippen molar-refractivity contribution >= 4 is 7.14 Å². The number of hydrogen-bond donors (Lipinski definition) is 0. The molecule has 0 radical (unpaired) electrons. The van der Waals surface area contributed by atoms with Gasteiger partial charge in [-0.25, -0.2) is 0 Å². The van der Waals surface area contributed by atoms with Crippen LogP contribution in [0.5, 0.6) is 0 Å². The largest absolute Gasteiger partial charge is 0.323 e. The fraction of sp³-hybridized carbons (Fsp3) is 1.00. The lowest BCUT2D eigenvalue weighted by atomic mass is 9.90. The van der Waals surface area contributed by atoms with E-state index in [-0.39, 0.29) is 5.16 Å². The first-order chi connectivity index (χ1) is 7.16. The Morgan fingerprint density at radius 3 is 1.80 bits per heavy atom. The molecule has 0 spiro atoms. The van der Waals surface area contributed by atoms with Crippen molar-refractivity contribution in [3.8, 4) is 0 Å². The Bertz CT molecular complexity index is 241. The second-order valence-electron chi connectivity index (χ2n) is 5.81. The minimum atomic E-state index is -1.84. The van der Waals surface area contributed by atoms with Crippen LogP contribution in [0.4, 0.5) is 0 Å². The lowest BCUT2D eigenvalue weighted by Crippen LogP contribution is -2.30. The first kappa shape index (κ1) is 11.7. The van der Waals surface area contributed by atoms with Gasteiger partial charge in [0.15, 0.2) is 0 Å². The van der Waals surface area contributed by atoms with E-state index in [1.807, 2.05) is 0 Å². The maximum Gasteiger partial charge on any atom is 0.0933 e. The number of rotatable bonds is 1. The molecule has 1 heterocycles. The van der Waals surface area contributed by atoms with E-state index < -0.39 is 7.14 Å². The Hall–Kier alpha value is 0.230. The molecule has 2 rings (SSSR count). The van der Waals surface area contributed by atoms with Gasteiger partial charge in [-0.3, -0.25) is 0 Å². The summed E-state index contributed by atoms with van der Waals surface area (Å²) >= 11 is 0. The topological polar surface area (TPSA) is 17.1 Å². The molecule has 15 heavy (non-hydrogen) atoms. The van der Waals surface area contributed by atoms with E-state index >= 15 is 0 Å². The van der Waals surface area contributed by atoms with E-state index in [2.05, 4.69) is 6.92 Å². The molecule has 0 aromatic carbocycles. The van der Waals surface area contributed by atoms with Crippen molar-refractivity contribution in [2.24, 2.45) is 0 Å². The highest BCUT2D eigenvalue weighted by molar-refractivity contribution is 7.65. The molecule has 0 bridgehead atoms. The van der Waals surface area contributed by atoms with Gasteiger partial charge in [0, 0.05) is 17.5 Å². The molecule has 2 heteroatoms. The maximum absolute atomic E-state index is 13.1. The van der Waals surface area contributed by atoms with Gasteiger partial charge in [-0.05, 0) is 25.7 Å². The third-order valence-electron chi connectivity index (χ3n) is 4.70. The zero-order valence-electron chi connectivity index (χ0n) is 10.1. The van der Waals surface area contributed by atoms with Crippen molar-refractivity contribution in [3.63, 3.8) is 0 Å². The molecule has 0 aromatic heterocycles. The van der Waals surface area contributed by atoms with Crippen molar-refractivity contribution in [2.75, 3.05) is 12.3 Å². The van der Waals surface area contributed by atoms with E-state index in [1.54, 1.807) is 0 Å². The maximum atomic E-state index is 13.1. The first-order valence-electron chi connectivity index (χ1n) is 6.75. The average molecular weight is 228 g/mol.